The van der Waals surface area contributed by atoms with Crippen LogP contribution >= 0.6 is 0 Å². The Bertz CT molecular complexity index is 448. The van der Waals surface area contributed by atoms with Crippen LogP contribution in [0, 0.1) is 0 Å². The van der Waals surface area contributed by atoms with E-state index in [1.807, 2.05) is 6.92 Å². The van der Waals surface area contributed by atoms with E-state index in [1.165, 1.54) is 23.4 Å². The lowest BCUT2D eigenvalue weighted by Crippen LogP contribution is -2.45. The molecule has 0 fully saturated rings. The van der Waals surface area contributed by atoms with Crippen molar-refractivity contribution in [2.24, 2.45) is 0 Å². The molecule has 0 aromatic carbocycles. The first-order valence-corrected chi connectivity index (χ1v) is 5.65. The van der Waals surface area contributed by atoms with Crippen molar-refractivity contribution >= 4 is 11.8 Å². The molecule has 2 amide bonds. The zero-order valence-electron chi connectivity index (χ0n) is 10.7. The van der Waals surface area contributed by atoms with E-state index in [0.29, 0.717) is 6.54 Å². The Morgan fingerprint density at radius 3 is 2.72 bits per heavy atom. The molecule has 0 aliphatic heterocycles. The lowest BCUT2D eigenvalue weighted by molar-refractivity contribution is -0.131. The van der Waals surface area contributed by atoms with Crippen LogP contribution in [0.4, 0.5) is 0 Å². The average Bonchev–Trinajstić information content (AvgIpc) is 2.36. The minimum absolute atomic E-state index is 0.0905. The van der Waals surface area contributed by atoms with Gasteiger partial charge in [0.25, 0.3) is 5.91 Å². The standard InChI is InChI=1S/C12H17N3O3/c1-4-15(3)12(18)8(2)14-11(17)9-5-10(16)7-13-6-9/h5-8,16H,4H2,1-3H3,(H,14,17). The van der Waals surface area contributed by atoms with Gasteiger partial charge in [-0.25, -0.2) is 0 Å². The van der Waals surface area contributed by atoms with E-state index in [0.717, 1.165) is 0 Å². The maximum atomic E-state index is 11.8. The van der Waals surface area contributed by atoms with Gasteiger partial charge in [0.2, 0.25) is 5.91 Å². The molecule has 1 aromatic rings. The highest BCUT2D eigenvalue weighted by Gasteiger charge is 2.19. The van der Waals surface area contributed by atoms with Crippen LogP contribution < -0.4 is 5.32 Å². The van der Waals surface area contributed by atoms with Crippen LogP contribution in [0.3, 0.4) is 0 Å². The Balaban J connectivity index is 2.68. The first-order valence-electron chi connectivity index (χ1n) is 5.65. The number of amides is 2. The molecule has 1 atom stereocenters. The summed E-state index contributed by atoms with van der Waals surface area (Å²) in [5.41, 5.74) is 0.216. The molecule has 1 aromatic heterocycles. The molecule has 1 heterocycles. The van der Waals surface area contributed by atoms with E-state index in [-0.39, 0.29) is 17.2 Å². The maximum Gasteiger partial charge on any atom is 0.253 e. The lowest BCUT2D eigenvalue weighted by atomic mass is 10.2. The van der Waals surface area contributed by atoms with Gasteiger partial charge in [-0.05, 0) is 19.9 Å². The fourth-order valence-corrected chi connectivity index (χ4v) is 1.38. The topological polar surface area (TPSA) is 82.5 Å². The number of rotatable bonds is 4. The molecule has 0 saturated heterocycles. The fraction of sp³-hybridized carbons (Fsp3) is 0.417. The van der Waals surface area contributed by atoms with Crippen LogP contribution in [-0.4, -0.2) is 46.4 Å². The summed E-state index contributed by atoms with van der Waals surface area (Å²) in [6, 6.07) is 0.674. The third-order valence-corrected chi connectivity index (χ3v) is 2.55. The highest BCUT2D eigenvalue weighted by atomic mass is 16.3. The Labute approximate surface area is 106 Å². The highest BCUT2D eigenvalue weighted by Crippen LogP contribution is 2.08. The molecule has 1 rings (SSSR count). The van der Waals surface area contributed by atoms with Gasteiger partial charge in [0.1, 0.15) is 11.8 Å². The molecule has 0 saturated carbocycles. The second kappa shape index (κ2) is 6.00. The Hall–Kier alpha value is -2.11. The predicted octanol–water partition coefficient (Wildman–Crippen LogP) is 0.384. The van der Waals surface area contributed by atoms with Crippen molar-refractivity contribution in [3.8, 4) is 5.75 Å². The summed E-state index contributed by atoms with van der Waals surface area (Å²) in [5, 5.41) is 11.8. The molecule has 6 nitrogen and oxygen atoms in total. The predicted molar refractivity (Wildman–Crippen MR) is 66.1 cm³/mol. The summed E-state index contributed by atoms with van der Waals surface area (Å²) >= 11 is 0. The normalized spacial score (nSPS) is 11.7. The minimum atomic E-state index is -0.621. The number of likely N-dealkylation sites (N-methyl/N-ethyl adjacent to an activating group) is 1. The van der Waals surface area contributed by atoms with Crippen molar-refractivity contribution in [2.75, 3.05) is 13.6 Å². The number of hydrogen-bond donors (Lipinski definition) is 2. The second-order valence-corrected chi connectivity index (χ2v) is 3.98. The molecule has 0 aliphatic rings. The lowest BCUT2D eigenvalue weighted by Gasteiger charge is -2.20. The van der Waals surface area contributed by atoms with E-state index < -0.39 is 11.9 Å². The largest absolute Gasteiger partial charge is 0.506 e. The van der Waals surface area contributed by atoms with Gasteiger partial charge in [-0.2, -0.15) is 0 Å². The first-order chi connectivity index (χ1) is 8.45. The zero-order chi connectivity index (χ0) is 13.7. The smallest absolute Gasteiger partial charge is 0.253 e. The molecular weight excluding hydrogens is 234 g/mol. The number of nitrogens with zero attached hydrogens (tertiary/aromatic N) is 2. The number of pyridine rings is 1. The van der Waals surface area contributed by atoms with Gasteiger partial charge in [-0.3, -0.25) is 14.6 Å². The molecule has 6 heteroatoms. The van der Waals surface area contributed by atoms with Crippen molar-refractivity contribution in [3.63, 3.8) is 0 Å². The molecule has 98 valence electrons. The molecule has 18 heavy (non-hydrogen) atoms. The minimum Gasteiger partial charge on any atom is -0.506 e. The third kappa shape index (κ3) is 3.44. The quantitative estimate of drug-likeness (QED) is 0.810. The highest BCUT2D eigenvalue weighted by molar-refractivity contribution is 5.97. The monoisotopic (exact) mass is 251 g/mol. The van der Waals surface area contributed by atoms with Crippen molar-refractivity contribution in [2.45, 2.75) is 19.9 Å². The van der Waals surface area contributed by atoms with Crippen LogP contribution in [-0.2, 0) is 4.79 Å². The summed E-state index contributed by atoms with van der Waals surface area (Å²) in [6.07, 6.45) is 2.56. The number of aromatic hydroxyl groups is 1. The van der Waals surface area contributed by atoms with E-state index in [1.54, 1.807) is 14.0 Å². The summed E-state index contributed by atoms with van der Waals surface area (Å²) < 4.78 is 0. The summed E-state index contributed by atoms with van der Waals surface area (Å²) in [4.78, 5) is 28.8. The van der Waals surface area contributed by atoms with E-state index in [2.05, 4.69) is 10.3 Å². The van der Waals surface area contributed by atoms with Gasteiger partial charge in [0, 0.05) is 19.8 Å². The summed E-state index contributed by atoms with van der Waals surface area (Å²) in [5.74, 6) is -0.699. The van der Waals surface area contributed by atoms with Crippen LogP contribution in [0.1, 0.15) is 24.2 Å². The van der Waals surface area contributed by atoms with Gasteiger partial charge in [0.05, 0.1) is 11.8 Å². The van der Waals surface area contributed by atoms with E-state index in [4.69, 9.17) is 0 Å². The van der Waals surface area contributed by atoms with Gasteiger partial charge in [-0.1, -0.05) is 0 Å². The number of aromatic nitrogens is 1. The zero-order valence-corrected chi connectivity index (χ0v) is 10.7. The molecule has 0 bridgehead atoms. The maximum absolute atomic E-state index is 11.8. The van der Waals surface area contributed by atoms with Crippen molar-refractivity contribution in [1.82, 2.24) is 15.2 Å². The number of hydrogen-bond acceptors (Lipinski definition) is 4. The van der Waals surface area contributed by atoms with E-state index >= 15 is 0 Å². The van der Waals surface area contributed by atoms with Crippen molar-refractivity contribution in [3.05, 3.63) is 24.0 Å². The molecule has 0 aliphatic carbocycles. The Morgan fingerprint density at radius 1 is 1.50 bits per heavy atom. The van der Waals surface area contributed by atoms with E-state index in [9.17, 15) is 14.7 Å². The first kappa shape index (κ1) is 14.0. The molecule has 1 unspecified atom stereocenters. The molecule has 0 spiro atoms. The molecule has 0 radical (unpaired) electrons. The summed E-state index contributed by atoms with van der Waals surface area (Å²) in [7, 11) is 1.67. The van der Waals surface area contributed by atoms with Gasteiger partial charge in [0.15, 0.2) is 0 Å². The average molecular weight is 251 g/mol. The van der Waals surface area contributed by atoms with Gasteiger partial charge >= 0.3 is 0 Å². The Morgan fingerprint density at radius 2 is 2.17 bits per heavy atom. The van der Waals surface area contributed by atoms with Crippen LogP contribution in [0.5, 0.6) is 5.75 Å². The van der Waals surface area contributed by atoms with Gasteiger partial charge in [-0.15, -0.1) is 0 Å². The SMILES string of the molecule is CCN(C)C(=O)C(C)NC(=O)c1cncc(O)c1. The van der Waals surface area contributed by atoms with Crippen molar-refractivity contribution in [1.29, 1.82) is 0 Å². The summed E-state index contributed by atoms with van der Waals surface area (Å²) in [6.45, 7) is 4.04. The van der Waals surface area contributed by atoms with Crippen LogP contribution in [0.2, 0.25) is 0 Å². The van der Waals surface area contributed by atoms with Crippen LogP contribution in [0.25, 0.3) is 0 Å². The van der Waals surface area contributed by atoms with Crippen molar-refractivity contribution < 1.29 is 14.7 Å². The third-order valence-electron chi connectivity index (χ3n) is 2.55. The second-order valence-electron chi connectivity index (χ2n) is 3.98. The number of carbonyl (C=O) groups excluding carboxylic acids is 2. The Kier molecular flexibility index (Phi) is 4.65. The number of nitrogens with one attached hydrogen (secondary N) is 1. The fourth-order valence-electron chi connectivity index (χ4n) is 1.38. The van der Waals surface area contributed by atoms with Crippen LogP contribution in [0.15, 0.2) is 18.5 Å². The van der Waals surface area contributed by atoms with Gasteiger partial charge < -0.3 is 15.3 Å². The number of carbonyl (C=O) groups is 2. The molecular formula is C12H17N3O3. The molecule has 2 N–H and O–H groups in total.